The number of H-pyrrole nitrogens is 1. The molecule has 2 aromatic rings. The highest BCUT2D eigenvalue weighted by molar-refractivity contribution is 6.32. The summed E-state index contributed by atoms with van der Waals surface area (Å²) in [5.41, 5.74) is 1.17. The normalized spacial score (nSPS) is 10.4. The van der Waals surface area contributed by atoms with Crippen LogP contribution in [0.2, 0.25) is 5.02 Å². The van der Waals surface area contributed by atoms with Crippen molar-refractivity contribution in [1.29, 1.82) is 0 Å². The van der Waals surface area contributed by atoms with Crippen molar-refractivity contribution in [2.45, 2.75) is 0 Å². The fourth-order valence-electron chi connectivity index (χ4n) is 1.51. The number of hydrogen-bond donors (Lipinski definition) is 1. The SMILES string of the molecule is COC(=O)c1cc2cc(Cl)c(OC)cc2[nH]1. The standard InChI is InChI=1S/C11H10ClNO3/c1-15-10-5-8-6(3-7(10)12)4-9(13-8)11(14)16-2/h3-5,13H,1-2H3. The van der Waals surface area contributed by atoms with Crippen molar-refractivity contribution in [1.82, 2.24) is 4.98 Å². The second kappa shape index (κ2) is 4.06. The second-order valence-electron chi connectivity index (χ2n) is 3.25. The molecule has 2 rings (SSSR count). The molecule has 0 aliphatic heterocycles. The number of carbonyl (C=O) groups excluding carboxylic acids is 1. The van der Waals surface area contributed by atoms with Crippen LogP contribution in [0.3, 0.4) is 0 Å². The highest BCUT2D eigenvalue weighted by Crippen LogP contribution is 2.30. The van der Waals surface area contributed by atoms with Crippen LogP contribution in [0.1, 0.15) is 10.5 Å². The van der Waals surface area contributed by atoms with E-state index >= 15 is 0 Å². The predicted molar refractivity (Wildman–Crippen MR) is 61.2 cm³/mol. The molecule has 84 valence electrons. The Balaban J connectivity index is 2.58. The Kier molecular flexibility index (Phi) is 2.75. The summed E-state index contributed by atoms with van der Waals surface area (Å²) in [6, 6.07) is 5.16. The van der Waals surface area contributed by atoms with Crippen LogP contribution in [0.25, 0.3) is 10.9 Å². The van der Waals surface area contributed by atoms with Gasteiger partial charge < -0.3 is 14.5 Å². The summed E-state index contributed by atoms with van der Waals surface area (Å²) in [5.74, 6) is 0.152. The first-order valence-corrected chi connectivity index (χ1v) is 4.98. The number of esters is 1. The number of nitrogens with one attached hydrogen (secondary N) is 1. The first-order chi connectivity index (χ1) is 7.65. The van der Waals surface area contributed by atoms with E-state index in [0.29, 0.717) is 16.5 Å². The van der Waals surface area contributed by atoms with Crippen molar-refractivity contribution < 1.29 is 14.3 Å². The maximum Gasteiger partial charge on any atom is 0.354 e. The maximum atomic E-state index is 11.3. The summed E-state index contributed by atoms with van der Waals surface area (Å²) >= 11 is 5.97. The Morgan fingerprint density at radius 1 is 1.31 bits per heavy atom. The molecule has 0 saturated heterocycles. The van der Waals surface area contributed by atoms with Crippen molar-refractivity contribution >= 4 is 28.5 Å². The van der Waals surface area contributed by atoms with Gasteiger partial charge >= 0.3 is 5.97 Å². The van der Waals surface area contributed by atoms with Gasteiger partial charge in [-0.3, -0.25) is 0 Å². The van der Waals surface area contributed by atoms with E-state index < -0.39 is 5.97 Å². The molecule has 1 aromatic heterocycles. The molecule has 0 bridgehead atoms. The molecule has 0 radical (unpaired) electrons. The van der Waals surface area contributed by atoms with Gasteiger partial charge in [0.2, 0.25) is 0 Å². The number of methoxy groups -OCH3 is 2. The molecule has 0 spiro atoms. The average Bonchev–Trinajstić information content (AvgIpc) is 2.69. The molecule has 0 aliphatic rings. The van der Waals surface area contributed by atoms with Gasteiger partial charge in [0.25, 0.3) is 0 Å². The van der Waals surface area contributed by atoms with Gasteiger partial charge in [-0.15, -0.1) is 0 Å². The highest BCUT2D eigenvalue weighted by Gasteiger charge is 2.11. The van der Waals surface area contributed by atoms with Crippen LogP contribution in [-0.4, -0.2) is 25.2 Å². The number of benzene rings is 1. The summed E-state index contributed by atoms with van der Waals surface area (Å²) in [6.45, 7) is 0. The van der Waals surface area contributed by atoms with Crippen LogP contribution in [-0.2, 0) is 4.74 Å². The smallest absolute Gasteiger partial charge is 0.354 e. The molecule has 1 heterocycles. The summed E-state index contributed by atoms with van der Waals surface area (Å²) in [4.78, 5) is 14.2. The number of halogens is 1. The third kappa shape index (κ3) is 1.72. The van der Waals surface area contributed by atoms with Crippen molar-refractivity contribution in [2.75, 3.05) is 14.2 Å². The molecule has 5 heteroatoms. The van der Waals surface area contributed by atoms with Gasteiger partial charge in [0.05, 0.1) is 19.2 Å². The van der Waals surface area contributed by atoms with E-state index in [1.54, 1.807) is 18.2 Å². The molecule has 0 amide bonds. The molecule has 0 unspecified atom stereocenters. The molecular formula is C11H10ClNO3. The van der Waals surface area contributed by atoms with E-state index in [-0.39, 0.29) is 0 Å². The van der Waals surface area contributed by atoms with E-state index in [1.165, 1.54) is 14.2 Å². The summed E-state index contributed by atoms with van der Waals surface area (Å²) in [6.07, 6.45) is 0. The third-order valence-electron chi connectivity index (χ3n) is 2.30. The van der Waals surface area contributed by atoms with Crippen LogP contribution in [0, 0.1) is 0 Å². The first kappa shape index (κ1) is 10.8. The van der Waals surface area contributed by atoms with Gasteiger partial charge in [-0.2, -0.15) is 0 Å². The van der Waals surface area contributed by atoms with E-state index in [9.17, 15) is 4.79 Å². The van der Waals surface area contributed by atoms with Gasteiger partial charge in [0, 0.05) is 17.0 Å². The number of aromatic amines is 1. The Labute approximate surface area is 97.1 Å². The van der Waals surface area contributed by atoms with Crippen molar-refractivity contribution in [3.8, 4) is 5.75 Å². The zero-order chi connectivity index (χ0) is 11.7. The number of aromatic nitrogens is 1. The van der Waals surface area contributed by atoms with Crippen LogP contribution >= 0.6 is 11.6 Å². The molecule has 0 saturated carbocycles. The Morgan fingerprint density at radius 3 is 2.69 bits per heavy atom. The van der Waals surface area contributed by atoms with E-state index in [2.05, 4.69) is 9.72 Å². The number of hydrogen-bond acceptors (Lipinski definition) is 3. The average molecular weight is 240 g/mol. The Hall–Kier alpha value is -1.68. The fraction of sp³-hybridized carbons (Fsp3) is 0.182. The lowest BCUT2D eigenvalue weighted by Gasteiger charge is -2.01. The lowest BCUT2D eigenvalue weighted by atomic mass is 10.2. The van der Waals surface area contributed by atoms with Crippen LogP contribution in [0.4, 0.5) is 0 Å². The molecule has 1 N–H and O–H groups in total. The van der Waals surface area contributed by atoms with Gasteiger partial charge in [-0.25, -0.2) is 4.79 Å². The second-order valence-corrected chi connectivity index (χ2v) is 3.66. The number of ether oxygens (including phenoxy) is 2. The number of carbonyl (C=O) groups is 1. The van der Waals surface area contributed by atoms with Crippen molar-refractivity contribution in [3.63, 3.8) is 0 Å². The third-order valence-corrected chi connectivity index (χ3v) is 2.59. The summed E-state index contributed by atoms with van der Waals surface area (Å²) in [5, 5.41) is 1.34. The summed E-state index contributed by atoms with van der Waals surface area (Å²) in [7, 11) is 2.87. The van der Waals surface area contributed by atoms with E-state index in [4.69, 9.17) is 16.3 Å². The monoisotopic (exact) mass is 239 g/mol. The topological polar surface area (TPSA) is 51.3 Å². The Morgan fingerprint density at radius 2 is 2.06 bits per heavy atom. The molecule has 0 atom stereocenters. The van der Waals surface area contributed by atoms with E-state index in [0.717, 1.165) is 10.9 Å². The minimum Gasteiger partial charge on any atom is -0.495 e. The van der Waals surface area contributed by atoms with Crippen LogP contribution in [0.15, 0.2) is 18.2 Å². The minimum absolute atomic E-state index is 0.391. The predicted octanol–water partition coefficient (Wildman–Crippen LogP) is 2.62. The zero-order valence-corrected chi connectivity index (χ0v) is 9.59. The minimum atomic E-state index is -0.411. The first-order valence-electron chi connectivity index (χ1n) is 4.60. The van der Waals surface area contributed by atoms with Gasteiger partial charge in [0.1, 0.15) is 11.4 Å². The molecule has 0 fully saturated rings. The lowest BCUT2D eigenvalue weighted by Crippen LogP contribution is -2.00. The quantitative estimate of drug-likeness (QED) is 0.820. The van der Waals surface area contributed by atoms with Crippen LogP contribution < -0.4 is 4.74 Å². The lowest BCUT2D eigenvalue weighted by molar-refractivity contribution is 0.0595. The zero-order valence-electron chi connectivity index (χ0n) is 8.83. The summed E-state index contributed by atoms with van der Waals surface area (Å²) < 4.78 is 9.70. The Bertz CT molecular complexity index is 547. The molecule has 16 heavy (non-hydrogen) atoms. The van der Waals surface area contributed by atoms with E-state index in [1.807, 2.05) is 0 Å². The molecular weight excluding hydrogens is 230 g/mol. The highest BCUT2D eigenvalue weighted by atomic mass is 35.5. The fourth-order valence-corrected chi connectivity index (χ4v) is 1.76. The molecule has 0 aliphatic carbocycles. The van der Waals surface area contributed by atoms with Gasteiger partial charge in [-0.05, 0) is 12.1 Å². The molecule has 4 nitrogen and oxygen atoms in total. The van der Waals surface area contributed by atoms with Gasteiger partial charge in [0.15, 0.2) is 0 Å². The number of rotatable bonds is 2. The van der Waals surface area contributed by atoms with Gasteiger partial charge in [-0.1, -0.05) is 11.6 Å². The van der Waals surface area contributed by atoms with Crippen LogP contribution in [0.5, 0.6) is 5.75 Å². The molecule has 1 aromatic carbocycles. The van der Waals surface area contributed by atoms with Crippen molar-refractivity contribution in [3.05, 3.63) is 28.9 Å². The number of fused-ring (bicyclic) bond motifs is 1. The largest absolute Gasteiger partial charge is 0.495 e. The maximum absolute atomic E-state index is 11.3. The van der Waals surface area contributed by atoms with Crippen molar-refractivity contribution in [2.24, 2.45) is 0 Å².